The molecule has 0 heterocycles. The van der Waals surface area contributed by atoms with Crippen molar-refractivity contribution in [3.05, 3.63) is 0 Å². The van der Waals surface area contributed by atoms with Crippen LogP contribution in [-0.2, 0) is 4.79 Å². The Morgan fingerprint density at radius 2 is 2.06 bits per heavy atom. The predicted molar refractivity (Wildman–Crippen MR) is 63.4 cm³/mol. The molecule has 0 aromatic heterocycles. The van der Waals surface area contributed by atoms with Crippen molar-refractivity contribution in [3.8, 4) is 0 Å². The molecule has 0 aromatic carbocycles. The normalized spacial score (nSPS) is 13.6. The van der Waals surface area contributed by atoms with Crippen LogP contribution in [0.4, 0.5) is 0 Å². The number of amides is 1. The number of carbonyl (C=O) groups is 1. The largest absolute Gasteiger partial charge is 0.409 e. The first-order valence-corrected chi connectivity index (χ1v) is 5.55. The standard InChI is InChI=1S/C10H22N4O2/c1-4-14(5-2)9(15)6-7-12-8(3)10(11)13-16/h8,12,16H,4-7H2,1-3H3,(H2,11,13). The van der Waals surface area contributed by atoms with Gasteiger partial charge < -0.3 is 21.2 Å². The third-order valence-corrected chi connectivity index (χ3v) is 2.46. The highest BCUT2D eigenvalue weighted by Gasteiger charge is 2.11. The van der Waals surface area contributed by atoms with Crippen LogP contribution >= 0.6 is 0 Å². The highest BCUT2D eigenvalue weighted by atomic mass is 16.4. The zero-order valence-electron chi connectivity index (χ0n) is 10.2. The third kappa shape index (κ3) is 4.97. The van der Waals surface area contributed by atoms with Crippen LogP contribution in [0.15, 0.2) is 5.16 Å². The molecular formula is C10H22N4O2. The van der Waals surface area contributed by atoms with Gasteiger partial charge in [-0.2, -0.15) is 0 Å². The van der Waals surface area contributed by atoms with Crippen LogP contribution in [0.2, 0.25) is 0 Å². The van der Waals surface area contributed by atoms with Crippen LogP contribution in [0.5, 0.6) is 0 Å². The molecule has 0 saturated carbocycles. The number of hydrogen-bond donors (Lipinski definition) is 3. The lowest BCUT2D eigenvalue weighted by Gasteiger charge is -2.19. The van der Waals surface area contributed by atoms with Crippen molar-refractivity contribution in [2.75, 3.05) is 19.6 Å². The summed E-state index contributed by atoms with van der Waals surface area (Å²) in [6, 6.07) is -0.227. The summed E-state index contributed by atoms with van der Waals surface area (Å²) in [4.78, 5) is 13.4. The molecule has 0 aromatic rings. The molecule has 1 amide bonds. The lowest BCUT2D eigenvalue weighted by Crippen LogP contribution is -2.41. The highest BCUT2D eigenvalue weighted by molar-refractivity contribution is 5.84. The fourth-order valence-corrected chi connectivity index (χ4v) is 1.32. The maximum atomic E-state index is 11.6. The number of carbonyl (C=O) groups excluding carboxylic acids is 1. The van der Waals surface area contributed by atoms with Gasteiger partial charge in [-0.05, 0) is 20.8 Å². The summed E-state index contributed by atoms with van der Waals surface area (Å²) in [6.07, 6.45) is 0.421. The molecule has 6 nitrogen and oxygen atoms in total. The average Bonchev–Trinajstić information content (AvgIpc) is 2.29. The van der Waals surface area contributed by atoms with E-state index in [-0.39, 0.29) is 17.8 Å². The first kappa shape index (κ1) is 14.7. The molecule has 0 spiro atoms. The van der Waals surface area contributed by atoms with Crippen LogP contribution in [0.3, 0.4) is 0 Å². The Morgan fingerprint density at radius 3 is 2.50 bits per heavy atom. The molecule has 0 aliphatic carbocycles. The molecule has 0 aliphatic heterocycles. The van der Waals surface area contributed by atoms with Crippen molar-refractivity contribution < 1.29 is 10.0 Å². The van der Waals surface area contributed by atoms with Gasteiger partial charge >= 0.3 is 0 Å². The molecule has 0 rings (SSSR count). The van der Waals surface area contributed by atoms with Gasteiger partial charge in [-0.3, -0.25) is 4.79 Å². The Hall–Kier alpha value is -1.30. The van der Waals surface area contributed by atoms with E-state index in [2.05, 4.69) is 10.5 Å². The van der Waals surface area contributed by atoms with Crippen molar-refractivity contribution >= 4 is 11.7 Å². The fourth-order valence-electron chi connectivity index (χ4n) is 1.32. The van der Waals surface area contributed by atoms with E-state index in [1.54, 1.807) is 11.8 Å². The maximum absolute atomic E-state index is 11.6. The van der Waals surface area contributed by atoms with Gasteiger partial charge in [0.15, 0.2) is 5.84 Å². The average molecular weight is 230 g/mol. The zero-order valence-corrected chi connectivity index (χ0v) is 10.2. The minimum absolute atomic E-state index is 0.115. The first-order chi connectivity index (χ1) is 7.56. The zero-order chi connectivity index (χ0) is 12.6. The summed E-state index contributed by atoms with van der Waals surface area (Å²) in [5.74, 6) is 0.236. The molecule has 4 N–H and O–H groups in total. The molecule has 0 radical (unpaired) electrons. The molecule has 1 atom stereocenters. The summed E-state index contributed by atoms with van der Waals surface area (Å²) in [6.45, 7) is 7.65. The SMILES string of the molecule is CCN(CC)C(=O)CCNC(C)C(N)=NO. The van der Waals surface area contributed by atoms with Crippen molar-refractivity contribution in [1.82, 2.24) is 10.2 Å². The van der Waals surface area contributed by atoms with Crippen molar-refractivity contribution in [2.45, 2.75) is 33.2 Å². The van der Waals surface area contributed by atoms with E-state index in [0.717, 1.165) is 13.1 Å². The summed E-state index contributed by atoms with van der Waals surface area (Å²) < 4.78 is 0. The molecule has 16 heavy (non-hydrogen) atoms. The van der Waals surface area contributed by atoms with Gasteiger partial charge in [0.25, 0.3) is 0 Å². The van der Waals surface area contributed by atoms with Crippen LogP contribution in [0.25, 0.3) is 0 Å². The van der Waals surface area contributed by atoms with Crippen LogP contribution < -0.4 is 11.1 Å². The van der Waals surface area contributed by atoms with Gasteiger partial charge in [0.05, 0.1) is 6.04 Å². The molecular weight excluding hydrogens is 208 g/mol. The fraction of sp³-hybridized carbons (Fsp3) is 0.800. The monoisotopic (exact) mass is 230 g/mol. The van der Waals surface area contributed by atoms with Gasteiger partial charge in [0.1, 0.15) is 0 Å². The molecule has 0 saturated heterocycles. The van der Waals surface area contributed by atoms with E-state index in [0.29, 0.717) is 13.0 Å². The van der Waals surface area contributed by atoms with E-state index in [9.17, 15) is 4.79 Å². The molecule has 0 aliphatic rings. The molecule has 94 valence electrons. The second-order valence-corrected chi connectivity index (χ2v) is 3.52. The van der Waals surface area contributed by atoms with Crippen LogP contribution in [-0.4, -0.2) is 47.5 Å². The topological polar surface area (TPSA) is 91.0 Å². The predicted octanol–water partition coefficient (Wildman–Crippen LogP) is -0.0306. The van der Waals surface area contributed by atoms with Gasteiger partial charge in [-0.1, -0.05) is 5.16 Å². The van der Waals surface area contributed by atoms with Gasteiger partial charge in [-0.25, -0.2) is 0 Å². The lowest BCUT2D eigenvalue weighted by atomic mass is 10.3. The summed E-state index contributed by atoms with van der Waals surface area (Å²) in [5.41, 5.74) is 5.39. The third-order valence-electron chi connectivity index (χ3n) is 2.46. The quantitative estimate of drug-likeness (QED) is 0.248. The number of hydrogen-bond acceptors (Lipinski definition) is 4. The molecule has 0 fully saturated rings. The van der Waals surface area contributed by atoms with Gasteiger partial charge in [-0.15, -0.1) is 0 Å². The van der Waals surface area contributed by atoms with Crippen LogP contribution in [0.1, 0.15) is 27.2 Å². The summed E-state index contributed by atoms with van der Waals surface area (Å²) in [5, 5.41) is 14.3. The molecule has 1 unspecified atom stereocenters. The lowest BCUT2D eigenvalue weighted by molar-refractivity contribution is -0.130. The number of oxime groups is 1. The Labute approximate surface area is 96.5 Å². The van der Waals surface area contributed by atoms with E-state index >= 15 is 0 Å². The minimum atomic E-state index is -0.227. The Morgan fingerprint density at radius 1 is 1.50 bits per heavy atom. The van der Waals surface area contributed by atoms with Crippen molar-refractivity contribution in [1.29, 1.82) is 0 Å². The van der Waals surface area contributed by atoms with E-state index in [1.165, 1.54) is 0 Å². The van der Waals surface area contributed by atoms with Crippen molar-refractivity contribution in [2.24, 2.45) is 10.9 Å². The number of nitrogens with one attached hydrogen (secondary N) is 1. The van der Waals surface area contributed by atoms with E-state index in [1.807, 2.05) is 13.8 Å². The second-order valence-electron chi connectivity index (χ2n) is 3.52. The van der Waals surface area contributed by atoms with Gasteiger partial charge in [0, 0.05) is 26.1 Å². The molecule has 6 heteroatoms. The van der Waals surface area contributed by atoms with Gasteiger partial charge in [0.2, 0.25) is 5.91 Å². The summed E-state index contributed by atoms with van der Waals surface area (Å²) in [7, 11) is 0. The number of nitrogens with two attached hydrogens (primary N) is 1. The maximum Gasteiger partial charge on any atom is 0.223 e. The first-order valence-electron chi connectivity index (χ1n) is 5.55. The Kier molecular flexibility index (Phi) is 7.28. The van der Waals surface area contributed by atoms with Crippen molar-refractivity contribution in [3.63, 3.8) is 0 Å². The molecule has 0 bridgehead atoms. The second kappa shape index (κ2) is 7.92. The van der Waals surface area contributed by atoms with E-state index in [4.69, 9.17) is 10.9 Å². The number of nitrogens with zero attached hydrogens (tertiary/aromatic N) is 2. The smallest absolute Gasteiger partial charge is 0.223 e. The number of amidine groups is 1. The van der Waals surface area contributed by atoms with Crippen LogP contribution in [0, 0.1) is 0 Å². The summed E-state index contributed by atoms with van der Waals surface area (Å²) >= 11 is 0. The Balaban J connectivity index is 3.86. The number of rotatable bonds is 7. The van der Waals surface area contributed by atoms with E-state index < -0.39 is 0 Å². The highest BCUT2D eigenvalue weighted by Crippen LogP contribution is 1.93. The minimum Gasteiger partial charge on any atom is -0.409 e. The Bertz CT molecular complexity index is 239.